The van der Waals surface area contributed by atoms with Crippen LogP contribution in [0.2, 0.25) is 0 Å². The summed E-state index contributed by atoms with van der Waals surface area (Å²) in [7, 11) is -2.37. The zero-order chi connectivity index (χ0) is 28.3. The predicted molar refractivity (Wildman–Crippen MR) is 149 cm³/mol. The van der Waals surface area contributed by atoms with Crippen LogP contribution in [0.3, 0.4) is 0 Å². The number of aromatic nitrogens is 1. The molecule has 10 heteroatoms. The Morgan fingerprint density at radius 1 is 1.10 bits per heavy atom. The van der Waals surface area contributed by atoms with Gasteiger partial charge < -0.3 is 14.7 Å². The highest BCUT2D eigenvalue weighted by molar-refractivity contribution is 7.92. The van der Waals surface area contributed by atoms with Crippen molar-refractivity contribution in [2.24, 2.45) is 11.8 Å². The first-order valence-corrected chi connectivity index (χ1v) is 14.7. The molecule has 9 nitrogen and oxygen atoms in total. The first kappa shape index (κ1) is 28.4. The molecule has 39 heavy (non-hydrogen) atoms. The van der Waals surface area contributed by atoms with Crippen molar-refractivity contribution in [3.8, 4) is 11.1 Å². The maximum atomic E-state index is 13.3. The zero-order valence-corrected chi connectivity index (χ0v) is 23.8. The molecule has 2 atom stereocenters. The van der Waals surface area contributed by atoms with E-state index in [1.165, 1.54) is 0 Å². The molecule has 1 saturated carbocycles. The molecule has 0 unspecified atom stereocenters. The van der Waals surface area contributed by atoms with Crippen LogP contribution in [0.25, 0.3) is 11.1 Å². The minimum atomic E-state index is -3.96. The van der Waals surface area contributed by atoms with E-state index in [2.05, 4.69) is 15.2 Å². The van der Waals surface area contributed by atoms with Crippen LogP contribution in [-0.4, -0.2) is 43.4 Å². The largest absolute Gasteiger partial charge is 0.357 e. The van der Waals surface area contributed by atoms with Gasteiger partial charge in [-0.3, -0.25) is 9.59 Å². The van der Waals surface area contributed by atoms with E-state index in [1.807, 2.05) is 38.1 Å². The SMILES string of the molecule is CC[C@H](C)[C@@H](C(=O)NC)N(Cc1ccc(-c2ccccc2S(=O)(=O)Nc2onc(C)c2C)cc1)C(=O)C1CC1. The molecule has 0 saturated heterocycles. The molecule has 1 aliphatic carbocycles. The molecule has 1 aromatic heterocycles. The van der Waals surface area contributed by atoms with Gasteiger partial charge in [-0.1, -0.05) is 67.9 Å². The standard InChI is InChI=1S/C29H36N4O5S/c1-6-18(2)26(27(34)30-5)33(29(35)23-15-16-23)17-21-11-13-22(14-12-21)24-9-7-8-10-25(24)39(36,37)32-28-19(3)20(4)31-38-28/h7-14,18,23,26,32H,6,15-17H2,1-5H3,(H,30,34)/t18-,26-/m0/s1. The number of likely N-dealkylation sites (N-methyl/N-ethyl adjacent to an activating group) is 1. The first-order chi connectivity index (χ1) is 18.6. The second-order valence-electron chi connectivity index (χ2n) is 10.2. The van der Waals surface area contributed by atoms with E-state index in [4.69, 9.17) is 4.52 Å². The highest BCUT2D eigenvalue weighted by Crippen LogP contribution is 2.34. The van der Waals surface area contributed by atoms with E-state index in [0.29, 0.717) is 28.9 Å². The van der Waals surface area contributed by atoms with Crippen LogP contribution in [0.15, 0.2) is 57.9 Å². The number of benzene rings is 2. The number of amides is 2. The Labute approximate surface area is 230 Å². The lowest BCUT2D eigenvalue weighted by Gasteiger charge is -2.34. The Kier molecular flexibility index (Phi) is 8.44. The lowest BCUT2D eigenvalue weighted by molar-refractivity contribution is -0.144. The molecular weight excluding hydrogens is 516 g/mol. The van der Waals surface area contributed by atoms with Crippen LogP contribution in [0.4, 0.5) is 5.88 Å². The molecular formula is C29H36N4O5S. The van der Waals surface area contributed by atoms with Crippen molar-refractivity contribution in [2.75, 3.05) is 11.8 Å². The fourth-order valence-corrected chi connectivity index (χ4v) is 5.85. The van der Waals surface area contributed by atoms with Crippen molar-refractivity contribution in [3.05, 3.63) is 65.4 Å². The summed E-state index contributed by atoms with van der Waals surface area (Å²) in [5, 5.41) is 6.55. The van der Waals surface area contributed by atoms with Gasteiger partial charge >= 0.3 is 0 Å². The number of hydrogen-bond acceptors (Lipinski definition) is 6. The van der Waals surface area contributed by atoms with Crippen molar-refractivity contribution >= 4 is 27.7 Å². The predicted octanol–water partition coefficient (Wildman–Crippen LogP) is 4.66. The summed E-state index contributed by atoms with van der Waals surface area (Å²) >= 11 is 0. The van der Waals surface area contributed by atoms with Gasteiger partial charge in [-0.05, 0) is 49.8 Å². The lowest BCUT2D eigenvalue weighted by Crippen LogP contribution is -2.52. The Balaban J connectivity index is 1.62. The third kappa shape index (κ3) is 6.16. The van der Waals surface area contributed by atoms with Crippen molar-refractivity contribution in [3.63, 3.8) is 0 Å². The Hall–Kier alpha value is -3.66. The molecule has 2 aromatic carbocycles. The van der Waals surface area contributed by atoms with E-state index < -0.39 is 16.1 Å². The van der Waals surface area contributed by atoms with Gasteiger partial charge in [0.2, 0.25) is 17.7 Å². The number of nitrogens with one attached hydrogen (secondary N) is 2. The van der Waals surface area contributed by atoms with Gasteiger partial charge in [0.05, 0.1) is 10.6 Å². The Bertz CT molecular complexity index is 1440. The van der Waals surface area contributed by atoms with Gasteiger partial charge in [-0.25, -0.2) is 13.1 Å². The molecule has 1 aliphatic rings. The molecule has 0 bridgehead atoms. The summed E-state index contributed by atoms with van der Waals surface area (Å²) in [5.74, 6) is -0.104. The third-order valence-electron chi connectivity index (χ3n) is 7.42. The van der Waals surface area contributed by atoms with Crippen molar-refractivity contribution < 1.29 is 22.5 Å². The fraction of sp³-hybridized carbons (Fsp3) is 0.414. The smallest absolute Gasteiger partial charge is 0.264 e. The monoisotopic (exact) mass is 552 g/mol. The second kappa shape index (κ2) is 11.6. The van der Waals surface area contributed by atoms with Crippen molar-refractivity contribution in [2.45, 2.75) is 64.4 Å². The van der Waals surface area contributed by atoms with Gasteiger partial charge in [0.1, 0.15) is 6.04 Å². The van der Waals surface area contributed by atoms with Gasteiger partial charge in [-0.2, -0.15) is 0 Å². The summed E-state index contributed by atoms with van der Waals surface area (Å²) in [6.45, 7) is 7.78. The van der Waals surface area contributed by atoms with Gasteiger partial charge in [-0.15, -0.1) is 0 Å². The maximum absolute atomic E-state index is 13.3. The molecule has 3 aromatic rings. The molecule has 0 radical (unpaired) electrons. The summed E-state index contributed by atoms with van der Waals surface area (Å²) in [6, 6.07) is 13.6. The minimum Gasteiger partial charge on any atom is -0.357 e. The Morgan fingerprint density at radius 2 is 1.77 bits per heavy atom. The highest BCUT2D eigenvalue weighted by Gasteiger charge is 2.40. The van der Waals surface area contributed by atoms with Gasteiger partial charge in [0.25, 0.3) is 10.0 Å². The number of rotatable bonds is 11. The van der Waals surface area contributed by atoms with Gasteiger partial charge in [0.15, 0.2) is 0 Å². The van der Waals surface area contributed by atoms with E-state index in [1.54, 1.807) is 50.1 Å². The number of anilines is 1. The molecule has 1 heterocycles. The summed E-state index contributed by atoms with van der Waals surface area (Å²) in [5.41, 5.74) is 3.32. The summed E-state index contributed by atoms with van der Waals surface area (Å²) in [6.07, 6.45) is 2.46. The molecule has 1 fully saturated rings. The van der Waals surface area contributed by atoms with Crippen molar-refractivity contribution in [1.29, 1.82) is 0 Å². The zero-order valence-electron chi connectivity index (χ0n) is 23.0. The Morgan fingerprint density at radius 3 is 2.33 bits per heavy atom. The molecule has 4 rings (SSSR count). The highest BCUT2D eigenvalue weighted by atomic mass is 32.2. The van der Waals surface area contributed by atoms with E-state index in [-0.39, 0.29) is 34.4 Å². The molecule has 2 amide bonds. The van der Waals surface area contributed by atoms with E-state index >= 15 is 0 Å². The number of sulfonamides is 1. The summed E-state index contributed by atoms with van der Waals surface area (Å²) in [4.78, 5) is 27.9. The fourth-order valence-electron chi connectivity index (χ4n) is 4.57. The topological polar surface area (TPSA) is 122 Å². The molecule has 2 N–H and O–H groups in total. The van der Waals surface area contributed by atoms with Crippen LogP contribution in [0.5, 0.6) is 0 Å². The average molecular weight is 553 g/mol. The quantitative estimate of drug-likeness (QED) is 0.357. The van der Waals surface area contributed by atoms with Crippen LogP contribution < -0.4 is 10.0 Å². The molecule has 0 aliphatic heterocycles. The number of aryl methyl sites for hydroxylation is 1. The van der Waals surface area contributed by atoms with Crippen molar-refractivity contribution in [1.82, 2.24) is 15.4 Å². The number of hydrogen-bond donors (Lipinski definition) is 2. The first-order valence-electron chi connectivity index (χ1n) is 13.2. The minimum absolute atomic E-state index is 0.00621. The second-order valence-corrected chi connectivity index (χ2v) is 11.9. The van der Waals surface area contributed by atoms with Crippen LogP contribution in [0.1, 0.15) is 49.9 Å². The van der Waals surface area contributed by atoms with E-state index in [0.717, 1.165) is 24.8 Å². The summed E-state index contributed by atoms with van der Waals surface area (Å²) < 4.78 is 34.3. The van der Waals surface area contributed by atoms with Crippen LogP contribution in [-0.2, 0) is 26.2 Å². The number of carbonyl (C=O) groups is 2. The van der Waals surface area contributed by atoms with Gasteiger partial charge in [0, 0.05) is 30.6 Å². The third-order valence-corrected chi connectivity index (χ3v) is 8.81. The number of carbonyl (C=O) groups excluding carboxylic acids is 2. The number of nitrogens with zero attached hydrogens (tertiary/aromatic N) is 2. The average Bonchev–Trinajstić information content (AvgIpc) is 3.75. The van der Waals surface area contributed by atoms with E-state index in [9.17, 15) is 18.0 Å². The maximum Gasteiger partial charge on any atom is 0.264 e. The molecule has 0 spiro atoms. The molecule has 208 valence electrons. The normalized spacial score (nSPS) is 14.9. The van der Waals surface area contributed by atoms with Crippen LogP contribution >= 0.6 is 0 Å². The van der Waals surface area contributed by atoms with Crippen LogP contribution in [0, 0.1) is 25.7 Å². The lowest BCUT2D eigenvalue weighted by atomic mass is 9.95.